The zero-order valence-corrected chi connectivity index (χ0v) is 14.0. The van der Waals surface area contributed by atoms with E-state index in [-0.39, 0.29) is 17.7 Å². The van der Waals surface area contributed by atoms with Gasteiger partial charge in [-0.2, -0.15) is 0 Å². The molecular weight excluding hydrogens is 308 g/mol. The molecule has 8 heteroatoms. The molecule has 3 heterocycles. The third-order valence-corrected chi connectivity index (χ3v) is 5.16. The molecule has 0 aromatic carbocycles. The number of likely N-dealkylation sites (tertiary alicyclic amines) is 2. The summed E-state index contributed by atoms with van der Waals surface area (Å²) >= 11 is 0. The molecule has 2 saturated heterocycles. The Labute approximate surface area is 142 Å². The van der Waals surface area contributed by atoms with Gasteiger partial charge in [-0.3, -0.25) is 19.2 Å². The van der Waals surface area contributed by atoms with Gasteiger partial charge in [-0.05, 0) is 44.7 Å². The second-order valence-corrected chi connectivity index (χ2v) is 6.93. The number of nitrogens with zero attached hydrogens (tertiary/aromatic N) is 5. The number of primary amides is 1. The maximum absolute atomic E-state index is 12.5. The molecule has 132 valence electrons. The lowest BCUT2D eigenvalue weighted by Gasteiger charge is -2.35. The number of amides is 2. The summed E-state index contributed by atoms with van der Waals surface area (Å²) in [6.07, 6.45) is 7.38. The fourth-order valence-electron chi connectivity index (χ4n) is 3.65. The second-order valence-electron chi connectivity index (χ2n) is 6.93. The van der Waals surface area contributed by atoms with E-state index in [0.717, 1.165) is 51.9 Å². The number of carbonyl (C=O) groups excluding carboxylic acids is 2. The van der Waals surface area contributed by atoms with Crippen molar-refractivity contribution in [2.75, 3.05) is 32.7 Å². The van der Waals surface area contributed by atoms with Gasteiger partial charge in [-0.15, -0.1) is 5.10 Å². The lowest BCUT2D eigenvalue weighted by Crippen LogP contribution is -2.48. The van der Waals surface area contributed by atoms with Crippen LogP contribution in [0.3, 0.4) is 0 Å². The van der Waals surface area contributed by atoms with Gasteiger partial charge in [0.05, 0.1) is 18.7 Å². The first kappa shape index (κ1) is 16.9. The van der Waals surface area contributed by atoms with Crippen LogP contribution in [0, 0.1) is 11.8 Å². The van der Waals surface area contributed by atoms with E-state index >= 15 is 0 Å². The minimum Gasteiger partial charge on any atom is -0.369 e. The summed E-state index contributed by atoms with van der Waals surface area (Å²) in [6, 6.07) is 0. The Morgan fingerprint density at radius 2 is 1.96 bits per heavy atom. The first-order chi connectivity index (χ1) is 11.6. The molecule has 2 aliphatic rings. The number of hydrogen-bond donors (Lipinski definition) is 1. The quantitative estimate of drug-likeness (QED) is 0.798. The Morgan fingerprint density at radius 3 is 2.62 bits per heavy atom. The molecule has 24 heavy (non-hydrogen) atoms. The smallest absolute Gasteiger partial charge is 0.236 e. The molecule has 3 rings (SSSR count). The average Bonchev–Trinajstić information content (AvgIpc) is 3.10. The van der Waals surface area contributed by atoms with Gasteiger partial charge in [0.2, 0.25) is 11.8 Å². The lowest BCUT2D eigenvalue weighted by atomic mass is 9.96. The second kappa shape index (κ2) is 7.74. The van der Waals surface area contributed by atoms with E-state index in [1.165, 1.54) is 0 Å². The van der Waals surface area contributed by atoms with E-state index in [1.807, 2.05) is 10.9 Å². The highest BCUT2D eigenvalue weighted by Crippen LogP contribution is 2.20. The summed E-state index contributed by atoms with van der Waals surface area (Å²) in [5.41, 5.74) is 5.39. The van der Waals surface area contributed by atoms with Crippen LogP contribution in [0.4, 0.5) is 0 Å². The van der Waals surface area contributed by atoms with E-state index < -0.39 is 0 Å². The standard InChI is InChI=1S/C16H26N6O2/c17-16(24)14-2-1-6-21(11-14)15(23)12-20-7-3-13(4-8-20)10-22-9-5-18-19-22/h5,9,13-14H,1-4,6-8,10-12H2,(H2,17,24). The van der Waals surface area contributed by atoms with Crippen LogP contribution < -0.4 is 5.73 Å². The first-order valence-electron chi connectivity index (χ1n) is 8.75. The largest absolute Gasteiger partial charge is 0.369 e. The van der Waals surface area contributed by atoms with Crippen molar-refractivity contribution in [3.05, 3.63) is 12.4 Å². The van der Waals surface area contributed by atoms with Gasteiger partial charge < -0.3 is 10.6 Å². The van der Waals surface area contributed by atoms with E-state index in [9.17, 15) is 9.59 Å². The minimum atomic E-state index is -0.290. The maximum atomic E-state index is 12.5. The summed E-state index contributed by atoms with van der Waals surface area (Å²) < 4.78 is 1.88. The normalized spacial score (nSPS) is 23.3. The van der Waals surface area contributed by atoms with E-state index in [2.05, 4.69) is 15.2 Å². The maximum Gasteiger partial charge on any atom is 0.236 e. The fourth-order valence-corrected chi connectivity index (χ4v) is 3.65. The number of hydrogen-bond acceptors (Lipinski definition) is 5. The highest BCUT2D eigenvalue weighted by Gasteiger charge is 2.28. The van der Waals surface area contributed by atoms with Crippen molar-refractivity contribution in [1.82, 2.24) is 24.8 Å². The van der Waals surface area contributed by atoms with Gasteiger partial charge in [0, 0.05) is 25.8 Å². The Kier molecular flexibility index (Phi) is 5.44. The van der Waals surface area contributed by atoms with Crippen LogP contribution in [-0.4, -0.2) is 69.3 Å². The van der Waals surface area contributed by atoms with Crippen LogP contribution in [-0.2, 0) is 16.1 Å². The van der Waals surface area contributed by atoms with Gasteiger partial charge in [0.1, 0.15) is 0 Å². The van der Waals surface area contributed by atoms with Crippen molar-refractivity contribution in [2.24, 2.45) is 17.6 Å². The van der Waals surface area contributed by atoms with E-state index in [4.69, 9.17) is 5.73 Å². The minimum absolute atomic E-state index is 0.121. The van der Waals surface area contributed by atoms with Crippen molar-refractivity contribution in [1.29, 1.82) is 0 Å². The van der Waals surface area contributed by atoms with Crippen molar-refractivity contribution in [3.63, 3.8) is 0 Å². The van der Waals surface area contributed by atoms with Gasteiger partial charge in [0.25, 0.3) is 0 Å². The molecule has 1 aromatic rings. The molecule has 1 unspecified atom stereocenters. The SMILES string of the molecule is NC(=O)C1CCCN(C(=O)CN2CCC(Cn3ccnn3)CC2)C1. The number of piperidine rings is 2. The third kappa shape index (κ3) is 4.31. The topological polar surface area (TPSA) is 97.3 Å². The predicted molar refractivity (Wildman–Crippen MR) is 87.7 cm³/mol. The molecule has 1 atom stereocenters. The van der Waals surface area contributed by atoms with Crippen LogP contribution in [0.25, 0.3) is 0 Å². The molecule has 1 aromatic heterocycles. The Bertz CT molecular complexity index is 553. The molecule has 0 bridgehead atoms. The Balaban J connectivity index is 1.42. The fraction of sp³-hybridized carbons (Fsp3) is 0.750. The van der Waals surface area contributed by atoms with Gasteiger partial charge in [0.15, 0.2) is 0 Å². The van der Waals surface area contributed by atoms with Crippen molar-refractivity contribution >= 4 is 11.8 Å². The summed E-state index contributed by atoms with van der Waals surface area (Å²) in [5.74, 6) is 0.237. The van der Waals surface area contributed by atoms with Crippen LogP contribution in [0.2, 0.25) is 0 Å². The van der Waals surface area contributed by atoms with Gasteiger partial charge in [-0.1, -0.05) is 5.21 Å². The van der Waals surface area contributed by atoms with Crippen LogP contribution in [0.1, 0.15) is 25.7 Å². The highest BCUT2D eigenvalue weighted by molar-refractivity contribution is 5.81. The van der Waals surface area contributed by atoms with Crippen LogP contribution in [0.15, 0.2) is 12.4 Å². The van der Waals surface area contributed by atoms with Gasteiger partial charge >= 0.3 is 0 Å². The lowest BCUT2D eigenvalue weighted by molar-refractivity contribution is -0.136. The third-order valence-electron chi connectivity index (χ3n) is 5.16. The molecule has 2 aliphatic heterocycles. The zero-order valence-electron chi connectivity index (χ0n) is 14.0. The first-order valence-corrected chi connectivity index (χ1v) is 8.75. The van der Waals surface area contributed by atoms with E-state index in [1.54, 1.807) is 11.1 Å². The van der Waals surface area contributed by atoms with Crippen LogP contribution >= 0.6 is 0 Å². The van der Waals surface area contributed by atoms with Crippen molar-refractivity contribution < 1.29 is 9.59 Å². The molecular formula is C16H26N6O2. The summed E-state index contributed by atoms with van der Waals surface area (Å²) in [7, 11) is 0. The van der Waals surface area contributed by atoms with Crippen LogP contribution in [0.5, 0.6) is 0 Å². The Hall–Kier alpha value is -1.96. The summed E-state index contributed by atoms with van der Waals surface area (Å²) in [4.78, 5) is 27.8. The summed E-state index contributed by atoms with van der Waals surface area (Å²) in [6.45, 7) is 4.43. The molecule has 8 nitrogen and oxygen atoms in total. The molecule has 0 spiro atoms. The monoisotopic (exact) mass is 334 g/mol. The molecule has 0 radical (unpaired) electrons. The number of aromatic nitrogens is 3. The number of nitrogens with two attached hydrogens (primary N) is 1. The Morgan fingerprint density at radius 1 is 1.17 bits per heavy atom. The molecule has 2 fully saturated rings. The average molecular weight is 334 g/mol. The molecule has 2 amide bonds. The molecule has 0 aliphatic carbocycles. The van der Waals surface area contributed by atoms with Gasteiger partial charge in [-0.25, -0.2) is 0 Å². The van der Waals surface area contributed by atoms with E-state index in [0.29, 0.717) is 19.0 Å². The van der Waals surface area contributed by atoms with Crippen molar-refractivity contribution in [3.8, 4) is 0 Å². The molecule has 2 N–H and O–H groups in total. The number of rotatable bonds is 5. The predicted octanol–water partition coefficient (Wildman–Crippen LogP) is -0.286. The zero-order chi connectivity index (χ0) is 16.9. The highest BCUT2D eigenvalue weighted by atomic mass is 16.2. The van der Waals surface area contributed by atoms with Crippen molar-refractivity contribution in [2.45, 2.75) is 32.2 Å². The molecule has 0 saturated carbocycles. The number of carbonyl (C=O) groups is 2. The summed E-state index contributed by atoms with van der Waals surface area (Å²) in [5, 5.41) is 7.85.